The van der Waals surface area contributed by atoms with Gasteiger partial charge >= 0.3 is 0 Å². The maximum absolute atomic E-state index is 13.8. The Morgan fingerprint density at radius 1 is 1.31 bits per heavy atom. The number of benzene rings is 1. The fourth-order valence-corrected chi connectivity index (χ4v) is 4.37. The van der Waals surface area contributed by atoms with E-state index < -0.39 is 51.8 Å². The molecule has 2 amide bonds. The molecular weight excluding hydrogens is 424 g/mol. The number of amides is 2. The lowest BCUT2D eigenvalue weighted by Crippen LogP contribution is -2.51. The van der Waals surface area contributed by atoms with Gasteiger partial charge in [0.25, 0.3) is 11.8 Å². The number of aromatic hydroxyl groups is 1. The summed E-state index contributed by atoms with van der Waals surface area (Å²) in [6.07, 6.45) is 2.06. The van der Waals surface area contributed by atoms with Crippen molar-refractivity contribution in [1.82, 2.24) is 14.8 Å². The van der Waals surface area contributed by atoms with Gasteiger partial charge in [-0.25, -0.2) is 8.78 Å². The number of hydrogen-bond donors (Lipinski definition) is 3. The number of hydrogen-bond acceptors (Lipinski definition) is 5. The molecule has 8 nitrogen and oxygen atoms in total. The number of nitrogens with one attached hydrogen (secondary N) is 1. The van der Waals surface area contributed by atoms with Crippen LogP contribution in [0.1, 0.15) is 59.1 Å². The summed E-state index contributed by atoms with van der Waals surface area (Å²) in [5.74, 6) is -3.96. The van der Waals surface area contributed by atoms with Crippen LogP contribution in [0, 0.1) is 11.6 Å². The Balaban J connectivity index is 1.73. The number of carbonyl (C=O) groups excluding carboxylic acids is 2. The van der Waals surface area contributed by atoms with Crippen LogP contribution in [0.15, 0.2) is 29.2 Å². The van der Waals surface area contributed by atoms with Gasteiger partial charge in [0.05, 0.1) is 11.6 Å². The van der Waals surface area contributed by atoms with Crippen molar-refractivity contribution in [1.29, 1.82) is 0 Å². The lowest BCUT2D eigenvalue weighted by atomic mass is 9.90. The van der Waals surface area contributed by atoms with Gasteiger partial charge in [0.2, 0.25) is 5.43 Å². The van der Waals surface area contributed by atoms with Crippen molar-refractivity contribution >= 4 is 11.8 Å². The molecule has 10 heteroatoms. The zero-order chi connectivity index (χ0) is 23.4. The van der Waals surface area contributed by atoms with Gasteiger partial charge < -0.3 is 25.0 Å². The van der Waals surface area contributed by atoms with Crippen LogP contribution in [0.3, 0.4) is 0 Å². The van der Waals surface area contributed by atoms with Gasteiger partial charge in [0, 0.05) is 37.0 Å². The van der Waals surface area contributed by atoms with Gasteiger partial charge in [0.1, 0.15) is 17.2 Å². The molecule has 4 rings (SSSR count). The van der Waals surface area contributed by atoms with E-state index in [4.69, 9.17) is 0 Å². The van der Waals surface area contributed by atoms with Gasteiger partial charge in [0.15, 0.2) is 11.4 Å². The molecule has 3 heterocycles. The highest BCUT2D eigenvalue weighted by molar-refractivity contribution is 5.99. The van der Waals surface area contributed by atoms with Crippen molar-refractivity contribution in [2.75, 3.05) is 6.54 Å². The minimum atomic E-state index is -1.26. The first-order chi connectivity index (χ1) is 15.0. The number of carbonyl (C=O) groups is 2. The first-order valence-electron chi connectivity index (χ1n) is 10.2. The van der Waals surface area contributed by atoms with Crippen LogP contribution >= 0.6 is 0 Å². The minimum Gasteiger partial charge on any atom is -0.503 e. The molecule has 2 aliphatic rings. The molecule has 1 aromatic carbocycles. The molecule has 2 bridgehead atoms. The number of pyridine rings is 1. The molecule has 3 N–H and O–H groups in total. The lowest BCUT2D eigenvalue weighted by molar-refractivity contribution is -0.00840. The second-order valence-electron chi connectivity index (χ2n) is 8.61. The van der Waals surface area contributed by atoms with Crippen LogP contribution in [0.25, 0.3) is 0 Å². The molecule has 1 aromatic heterocycles. The van der Waals surface area contributed by atoms with E-state index in [1.165, 1.54) is 15.5 Å². The summed E-state index contributed by atoms with van der Waals surface area (Å²) >= 11 is 0. The van der Waals surface area contributed by atoms with Gasteiger partial charge in [-0.3, -0.25) is 14.4 Å². The molecule has 3 atom stereocenters. The van der Waals surface area contributed by atoms with Gasteiger partial charge in [-0.15, -0.1) is 0 Å². The first-order valence-corrected chi connectivity index (χ1v) is 10.2. The third kappa shape index (κ3) is 3.54. The van der Waals surface area contributed by atoms with Crippen LogP contribution in [0.5, 0.6) is 5.75 Å². The minimum absolute atomic E-state index is 0.00791. The first kappa shape index (κ1) is 21.9. The average molecular weight is 447 g/mol. The second-order valence-corrected chi connectivity index (χ2v) is 8.61. The van der Waals surface area contributed by atoms with Crippen molar-refractivity contribution in [3.63, 3.8) is 0 Å². The Labute approximate surface area is 182 Å². The molecular formula is C22H23F2N3O5. The highest BCUT2D eigenvalue weighted by Crippen LogP contribution is 2.39. The van der Waals surface area contributed by atoms with Gasteiger partial charge in [-0.2, -0.15) is 0 Å². The van der Waals surface area contributed by atoms with E-state index in [0.29, 0.717) is 18.9 Å². The molecule has 0 radical (unpaired) electrons. The Hall–Kier alpha value is -3.27. The highest BCUT2D eigenvalue weighted by atomic mass is 19.1. The van der Waals surface area contributed by atoms with Gasteiger partial charge in [-0.05, 0) is 32.8 Å². The maximum Gasteiger partial charge on any atom is 0.274 e. The normalized spacial score (nSPS) is 24.7. The number of nitrogens with zero attached hydrogens (tertiary/aromatic N) is 2. The Bertz CT molecular complexity index is 1180. The fraction of sp³-hybridized carbons (Fsp3) is 0.409. The number of aliphatic hydroxyl groups is 1. The Morgan fingerprint density at radius 2 is 2.03 bits per heavy atom. The van der Waals surface area contributed by atoms with E-state index in [9.17, 15) is 33.4 Å². The van der Waals surface area contributed by atoms with Crippen molar-refractivity contribution in [2.45, 2.75) is 50.9 Å². The van der Waals surface area contributed by atoms with Crippen molar-refractivity contribution < 1.29 is 28.6 Å². The number of halogens is 2. The number of aromatic nitrogens is 1. The van der Waals surface area contributed by atoms with Crippen LogP contribution in [0.4, 0.5) is 8.78 Å². The molecule has 1 fully saturated rings. The molecule has 1 saturated heterocycles. The maximum atomic E-state index is 13.8. The third-order valence-electron chi connectivity index (χ3n) is 6.40. The molecule has 0 spiro atoms. The van der Waals surface area contributed by atoms with Crippen molar-refractivity contribution in [3.8, 4) is 5.75 Å². The van der Waals surface area contributed by atoms with Crippen LogP contribution in [-0.2, 0) is 6.54 Å². The van der Waals surface area contributed by atoms with Crippen LogP contribution < -0.4 is 10.7 Å². The Morgan fingerprint density at radius 3 is 2.72 bits per heavy atom. The SMILES string of the molecule is C[C@H]1CC[C@](C)(O)C2CN1C(=O)c1c(O)c(=O)c(C(=O)NCc3ccc(F)cc3F)cn12. The predicted molar refractivity (Wildman–Crippen MR) is 109 cm³/mol. The summed E-state index contributed by atoms with van der Waals surface area (Å²) in [4.78, 5) is 39.9. The summed E-state index contributed by atoms with van der Waals surface area (Å²) in [6, 6.07) is 1.99. The van der Waals surface area contributed by atoms with E-state index in [1.807, 2.05) is 6.92 Å². The summed E-state index contributed by atoms with van der Waals surface area (Å²) in [6.45, 7) is 3.28. The van der Waals surface area contributed by atoms with Crippen LogP contribution in [-0.4, -0.2) is 49.7 Å². The summed E-state index contributed by atoms with van der Waals surface area (Å²) in [7, 11) is 0. The summed E-state index contributed by atoms with van der Waals surface area (Å²) in [5.41, 5.74) is -3.03. The fourth-order valence-electron chi connectivity index (χ4n) is 4.37. The number of rotatable bonds is 3. The van der Waals surface area contributed by atoms with Crippen LogP contribution in [0.2, 0.25) is 0 Å². The zero-order valence-electron chi connectivity index (χ0n) is 17.6. The quantitative estimate of drug-likeness (QED) is 0.663. The predicted octanol–water partition coefficient (Wildman–Crippen LogP) is 1.69. The summed E-state index contributed by atoms with van der Waals surface area (Å²) in [5, 5.41) is 24.0. The standard InChI is InChI=1S/C22H23F2N3O5/c1-11-5-6-22(2,32)16-10-26(11)21(31)17-19(29)18(28)14(9-27(16)17)20(30)25-8-12-3-4-13(23)7-15(12)24/h3-4,7,9,11,16,29,32H,5-6,8,10H2,1-2H3,(H,25,30)/t11-,16?,22-/m0/s1. The van der Waals surface area contributed by atoms with E-state index >= 15 is 0 Å². The van der Waals surface area contributed by atoms with E-state index in [2.05, 4.69) is 5.32 Å². The van der Waals surface area contributed by atoms with Gasteiger partial charge in [-0.1, -0.05) is 6.07 Å². The lowest BCUT2D eigenvalue weighted by Gasteiger charge is -2.41. The van der Waals surface area contributed by atoms with Crippen molar-refractivity contribution in [3.05, 3.63) is 63.1 Å². The average Bonchev–Trinajstić information content (AvgIpc) is 2.83. The number of fused-ring (bicyclic) bond motifs is 4. The second kappa shape index (κ2) is 7.70. The largest absolute Gasteiger partial charge is 0.503 e. The zero-order valence-corrected chi connectivity index (χ0v) is 17.6. The van der Waals surface area contributed by atoms with E-state index in [-0.39, 0.29) is 30.4 Å². The monoisotopic (exact) mass is 447 g/mol. The summed E-state index contributed by atoms with van der Waals surface area (Å²) < 4.78 is 28.2. The molecule has 1 unspecified atom stereocenters. The highest BCUT2D eigenvalue weighted by Gasteiger charge is 2.46. The third-order valence-corrected chi connectivity index (χ3v) is 6.40. The topological polar surface area (TPSA) is 112 Å². The van der Waals surface area contributed by atoms with E-state index in [1.54, 1.807) is 6.92 Å². The molecule has 2 aliphatic heterocycles. The molecule has 32 heavy (non-hydrogen) atoms. The smallest absolute Gasteiger partial charge is 0.274 e. The Kier molecular flexibility index (Phi) is 5.28. The van der Waals surface area contributed by atoms with Crippen molar-refractivity contribution in [2.24, 2.45) is 0 Å². The molecule has 170 valence electrons. The molecule has 2 aromatic rings. The molecule has 0 aliphatic carbocycles. The van der Waals surface area contributed by atoms with E-state index in [0.717, 1.165) is 12.3 Å². The molecule has 0 saturated carbocycles.